The van der Waals surface area contributed by atoms with Crippen molar-refractivity contribution < 1.29 is 19.7 Å². The highest BCUT2D eigenvalue weighted by Crippen LogP contribution is 2.24. The summed E-state index contributed by atoms with van der Waals surface area (Å²) in [5.41, 5.74) is -0.133. The zero-order valence-corrected chi connectivity index (χ0v) is 8.16. The second-order valence-electron chi connectivity index (χ2n) is 2.90. The van der Waals surface area contributed by atoms with Crippen molar-refractivity contribution in [1.82, 2.24) is 0 Å². The van der Waals surface area contributed by atoms with Crippen LogP contribution < -0.4 is 0 Å². The van der Waals surface area contributed by atoms with Crippen LogP contribution in [-0.4, -0.2) is 27.2 Å². The summed E-state index contributed by atoms with van der Waals surface area (Å²) in [7, 11) is 0. The van der Waals surface area contributed by atoms with Gasteiger partial charge in [-0.2, -0.15) is 12.6 Å². The third-order valence-corrected chi connectivity index (χ3v) is 2.22. The van der Waals surface area contributed by atoms with E-state index in [0.29, 0.717) is 0 Å². The highest BCUT2D eigenvalue weighted by Gasteiger charge is 2.20. The maximum atomic E-state index is 13.1. The van der Waals surface area contributed by atoms with Gasteiger partial charge in [0.2, 0.25) is 0 Å². The number of aromatic hydroxyl groups is 1. The minimum Gasteiger partial charge on any atom is -0.508 e. The molecule has 3 nitrogen and oxygen atoms in total. The fourth-order valence-electron chi connectivity index (χ4n) is 1.06. The average Bonchev–Trinajstić information content (AvgIpc) is 2.19. The minimum absolute atomic E-state index is 0.0102. The van der Waals surface area contributed by atoms with E-state index in [0.717, 1.165) is 12.1 Å². The SMILES string of the molecule is Oc1ccc(F)c(C(O)C(O)CS)c1. The van der Waals surface area contributed by atoms with Gasteiger partial charge < -0.3 is 15.3 Å². The third-order valence-electron chi connectivity index (χ3n) is 1.85. The first-order valence-corrected chi connectivity index (χ1v) is 4.65. The zero-order chi connectivity index (χ0) is 10.7. The van der Waals surface area contributed by atoms with E-state index in [1.807, 2.05) is 0 Å². The molecule has 0 saturated carbocycles. The van der Waals surface area contributed by atoms with Crippen molar-refractivity contribution in [3.05, 3.63) is 29.6 Å². The first kappa shape index (κ1) is 11.3. The summed E-state index contributed by atoms with van der Waals surface area (Å²) in [6, 6.07) is 3.27. The quantitative estimate of drug-likeness (QED) is 0.569. The monoisotopic (exact) mass is 218 g/mol. The fraction of sp³-hybridized carbons (Fsp3) is 0.333. The second kappa shape index (κ2) is 4.63. The van der Waals surface area contributed by atoms with Crippen LogP contribution in [0, 0.1) is 5.82 Å². The number of benzene rings is 1. The molecule has 0 heterocycles. The number of aliphatic hydroxyl groups is 2. The molecular formula is C9H11FO3S. The van der Waals surface area contributed by atoms with Crippen molar-refractivity contribution in [2.45, 2.75) is 12.2 Å². The van der Waals surface area contributed by atoms with Crippen LogP contribution in [0.5, 0.6) is 5.75 Å². The maximum Gasteiger partial charge on any atom is 0.129 e. The Bertz CT molecular complexity index is 319. The van der Waals surface area contributed by atoms with Crippen molar-refractivity contribution in [1.29, 1.82) is 0 Å². The molecule has 0 amide bonds. The van der Waals surface area contributed by atoms with E-state index in [1.54, 1.807) is 0 Å². The van der Waals surface area contributed by atoms with Crippen molar-refractivity contribution in [2.75, 3.05) is 5.75 Å². The molecule has 1 aromatic rings. The molecule has 14 heavy (non-hydrogen) atoms. The van der Waals surface area contributed by atoms with Crippen LogP contribution in [0.15, 0.2) is 18.2 Å². The number of hydrogen-bond acceptors (Lipinski definition) is 4. The van der Waals surface area contributed by atoms with Gasteiger partial charge in [-0.3, -0.25) is 0 Å². The standard InChI is InChI=1S/C9H11FO3S/c10-7-2-1-5(11)3-6(7)9(13)8(12)4-14/h1-3,8-9,11-14H,4H2. The summed E-state index contributed by atoms with van der Waals surface area (Å²) in [6.45, 7) is 0. The molecule has 0 bridgehead atoms. The average molecular weight is 218 g/mol. The van der Waals surface area contributed by atoms with E-state index >= 15 is 0 Å². The number of thiol groups is 1. The lowest BCUT2D eigenvalue weighted by atomic mass is 10.0. The topological polar surface area (TPSA) is 60.7 Å². The molecule has 0 spiro atoms. The molecule has 3 N–H and O–H groups in total. The molecule has 0 aliphatic heterocycles. The number of phenolic OH excluding ortho intramolecular Hbond substituents is 1. The Hall–Kier alpha value is -0.780. The Balaban J connectivity index is 2.99. The summed E-state index contributed by atoms with van der Waals surface area (Å²) in [5, 5.41) is 27.7. The number of rotatable bonds is 3. The van der Waals surface area contributed by atoms with Crippen LogP contribution in [0.3, 0.4) is 0 Å². The predicted octanol–water partition coefficient (Wildman–Crippen LogP) is 0.855. The van der Waals surface area contributed by atoms with Crippen LogP contribution in [0.1, 0.15) is 11.7 Å². The molecule has 0 aliphatic rings. The lowest BCUT2D eigenvalue weighted by Crippen LogP contribution is -2.20. The molecule has 1 rings (SSSR count). The Kier molecular flexibility index (Phi) is 3.74. The van der Waals surface area contributed by atoms with Crippen LogP contribution in [0.4, 0.5) is 4.39 Å². The number of aliphatic hydroxyl groups excluding tert-OH is 2. The van der Waals surface area contributed by atoms with Gasteiger partial charge in [-0.15, -0.1) is 0 Å². The molecule has 0 radical (unpaired) electrons. The summed E-state index contributed by atoms with van der Waals surface area (Å²) < 4.78 is 13.1. The molecule has 2 unspecified atom stereocenters. The van der Waals surface area contributed by atoms with E-state index in [-0.39, 0.29) is 17.1 Å². The first-order chi connectivity index (χ1) is 6.56. The minimum atomic E-state index is -1.38. The maximum absolute atomic E-state index is 13.1. The number of hydrogen-bond donors (Lipinski definition) is 4. The van der Waals surface area contributed by atoms with Gasteiger partial charge in [-0.1, -0.05) is 0 Å². The van der Waals surface area contributed by atoms with Crippen LogP contribution in [0.25, 0.3) is 0 Å². The molecule has 78 valence electrons. The van der Waals surface area contributed by atoms with Gasteiger partial charge in [0, 0.05) is 11.3 Å². The summed E-state index contributed by atoms with van der Waals surface area (Å²) in [5.74, 6) is -0.820. The molecule has 0 fully saturated rings. The first-order valence-electron chi connectivity index (χ1n) is 4.01. The fourth-order valence-corrected chi connectivity index (χ4v) is 1.26. The normalized spacial score (nSPS) is 15.1. The van der Waals surface area contributed by atoms with Crippen LogP contribution in [-0.2, 0) is 0 Å². The van der Waals surface area contributed by atoms with Gasteiger partial charge in [0.1, 0.15) is 17.7 Å². The second-order valence-corrected chi connectivity index (χ2v) is 3.27. The smallest absolute Gasteiger partial charge is 0.129 e. The van der Waals surface area contributed by atoms with Crippen LogP contribution in [0.2, 0.25) is 0 Å². The van der Waals surface area contributed by atoms with E-state index in [1.165, 1.54) is 6.07 Å². The molecule has 0 saturated heterocycles. The lowest BCUT2D eigenvalue weighted by molar-refractivity contribution is 0.0314. The predicted molar refractivity (Wildman–Crippen MR) is 52.9 cm³/mol. The van der Waals surface area contributed by atoms with Gasteiger partial charge in [0.25, 0.3) is 0 Å². The molecule has 2 atom stereocenters. The van der Waals surface area contributed by atoms with Crippen molar-refractivity contribution in [3.63, 3.8) is 0 Å². The van der Waals surface area contributed by atoms with Crippen molar-refractivity contribution in [2.24, 2.45) is 0 Å². The van der Waals surface area contributed by atoms with E-state index < -0.39 is 18.0 Å². The van der Waals surface area contributed by atoms with Gasteiger partial charge in [-0.05, 0) is 18.2 Å². The number of halogens is 1. The molecule has 1 aromatic carbocycles. The van der Waals surface area contributed by atoms with Gasteiger partial charge in [0.05, 0.1) is 6.10 Å². The van der Waals surface area contributed by atoms with Gasteiger partial charge in [-0.25, -0.2) is 4.39 Å². The summed E-state index contributed by atoms with van der Waals surface area (Å²) >= 11 is 3.77. The Morgan fingerprint density at radius 2 is 2.00 bits per heavy atom. The van der Waals surface area contributed by atoms with Crippen molar-refractivity contribution >= 4 is 12.6 Å². The van der Waals surface area contributed by atoms with Gasteiger partial charge >= 0.3 is 0 Å². The molecular weight excluding hydrogens is 207 g/mol. The highest BCUT2D eigenvalue weighted by molar-refractivity contribution is 7.80. The van der Waals surface area contributed by atoms with Crippen molar-refractivity contribution in [3.8, 4) is 5.75 Å². The Morgan fingerprint density at radius 3 is 2.57 bits per heavy atom. The lowest BCUT2D eigenvalue weighted by Gasteiger charge is -2.16. The molecule has 0 aromatic heterocycles. The largest absolute Gasteiger partial charge is 0.508 e. The third kappa shape index (κ3) is 2.37. The van der Waals surface area contributed by atoms with E-state index in [2.05, 4.69) is 12.6 Å². The van der Waals surface area contributed by atoms with Crippen LogP contribution >= 0.6 is 12.6 Å². The van der Waals surface area contributed by atoms with E-state index in [9.17, 15) is 14.6 Å². The Morgan fingerprint density at radius 1 is 1.36 bits per heavy atom. The summed E-state index contributed by atoms with van der Waals surface area (Å²) in [6.07, 6.45) is -2.53. The van der Waals surface area contributed by atoms with E-state index in [4.69, 9.17) is 5.11 Å². The van der Waals surface area contributed by atoms with Gasteiger partial charge in [0.15, 0.2) is 0 Å². The zero-order valence-electron chi connectivity index (χ0n) is 7.26. The molecule has 0 aliphatic carbocycles. The Labute approximate surface area is 86.2 Å². The highest BCUT2D eigenvalue weighted by atomic mass is 32.1. The summed E-state index contributed by atoms with van der Waals surface area (Å²) in [4.78, 5) is 0. The number of phenols is 1. The molecule has 5 heteroatoms.